The van der Waals surface area contributed by atoms with Gasteiger partial charge in [0.1, 0.15) is 0 Å². The molecule has 0 bridgehead atoms. The Kier molecular flexibility index (Phi) is 5.55. The molecule has 3 rings (SSSR count). The molecule has 0 aromatic heterocycles. The van der Waals surface area contributed by atoms with Crippen LogP contribution in [0.3, 0.4) is 0 Å². The number of benzene rings is 1. The molecule has 1 aromatic carbocycles. The highest BCUT2D eigenvalue weighted by Crippen LogP contribution is 2.24. The highest BCUT2D eigenvalue weighted by atomic mass is 16.2. The second-order valence-corrected chi connectivity index (χ2v) is 7.10. The van der Waals surface area contributed by atoms with Crippen LogP contribution in [0.1, 0.15) is 37.7 Å². The quantitative estimate of drug-likeness (QED) is 0.869. The van der Waals surface area contributed by atoms with Gasteiger partial charge in [-0.1, -0.05) is 31.4 Å². The van der Waals surface area contributed by atoms with E-state index in [2.05, 4.69) is 4.90 Å². The van der Waals surface area contributed by atoms with Crippen LogP contribution in [0.2, 0.25) is 0 Å². The van der Waals surface area contributed by atoms with E-state index in [0.29, 0.717) is 6.42 Å². The molecular formula is C19H29N3O. The maximum Gasteiger partial charge on any atom is 0.227 e. The van der Waals surface area contributed by atoms with E-state index < -0.39 is 0 Å². The molecule has 126 valence electrons. The van der Waals surface area contributed by atoms with Gasteiger partial charge in [0.05, 0.1) is 6.42 Å². The van der Waals surface area contributed by atoms with E-state index in [9.17, 15) is 4.79 Å². The molecule has 0 atom stereocenters. The number of carbonyl (C=O) groups excluding carboxylic acids is 1. The van der Waals surface area contributed by atoms with Crippen LogP contribution in [-0.4, -0.2) is 48.4 Å². The molecule has 1 amide bonds. The van der Waals surface area contributed by atoms with Gasteiger partial charge in [-0.25, -0.2) is 0 Å². The average molecular weight is 315 g/mol. The number of anilines is 1. The summed E-state index contributed by atoms with van der Waals surface area (Å²) in [7, 11) is 0. The zero-order valence-electron chi connectivity index (χ0n) is 14.0. The molecule has 0 radical (unpaired) electrons. The predicted molar refractivity (Wildman–Crippen MR) is 94.2 cm³/mol. The van der Waals surface area contributed by atoms with Crippen molar-refractivity contribution in [1.82, 2.24) is 9.80 Å². The summed E-state index contributed by atoms with van der Waals surface area (Å²) in [5, 5.41) is 0. The summed E-state index contributed by atoms with van der Waals surface area (Å²) in [4.78, 5) is 17.0. The monoisotopic (exact) mass is 315 g/mol. The summed E-state index contributed by atoms with van der Waals surface area (Å²) in [6, 6.07) is 7.63. The van der Waals surface area contributed by atoms with Crippen LogP contribution < -0.4 is 5.73 Å². The highest BCUT2D eigenvalue weighted by molar-refractivity contribution is 5.79. The number of nitrogens with zero attached hydrogens (tertiary/aromatic N) is 2. The zero-order valence-corrected chi connectivity index (χ0v) is 14.0. The topological polar surface area (TPSA) is 49.6 Å². The van der Waals surface area contributed by atoms with Crippen LogP contribution in [0.4, 0.5) is 5.69 Å². The molecule has 4 heteroatoms. The van der Waals surface area contributed by atoms with Crippen molar-refractivity contribution < 1.29 is 4.79 Å². The zero-order chi connectivity index (χ0) is 16.1. The first kappa shape index (κ1) is 16.3. The SMILES string of the molecule is Nc1ccc(CC(=O)N2CCN(CC3CCCCC3)CC2)cc1. The van der Waals surface area contributed by atoms with E-state index in [0.717, 1.165) is 43.3 Å². The van der Waals surface area contributed by atoms with E-state index in [1.165, 1.54) is 38.6 Å². The molecular weight excluding hydrogens is 286 g/mol. The van der Waals surface area contributed by atoms with Gasteiger partial charge in [0.15, 0.2) is 0 Å². The lowest BCUT2D eigenvalue weighted by molar-refractivity contribution is -0.132. The number of carbonyl (C=O) groups is 1. The Bertz CT molecular complexity index is 500. The summed E-state index contributed by atoms with van der Waals surface area (Å²) in [5.41, 5.74) is 7.49. The summed E-state index contributed by atoms with van der Waals surface area (Å²) in [6.45, 7) is 5.05. The maximum atomic E-state index is 12.4. The molecule has 1 aromatic rings. The smallest absolute Gasteiger partial charge is 0.227 e. The van der Waals surface area contributed by atoms with Crippen LogP contribution in [0.25, 0.3) is 0 Å². The van der Waals surface area contributed by atoms with Crippen molar-refractivity contribution >= 4 is 11.6 Å². The van der Waals surface area contributed by atoms with E-state index in [1.807, 2.05) is 29.2 Å². The minimum Gasteiger partial charge on any atom is -0.399 e. The third-order valence-electron chi connectivity index (χ3n) is 5.30. The number of amides is 1. The van der Waals surface area contributed by atoms with Gasteiger partial charge >= 0.3 is 0 Å². The van der Waals surface area contributed by atoms with Crippen molar-refractivity contribution in [1.29, 1.82) is 0 Å². The number of nitrogens with two attached hydrogens (primary N) is 1. The fraction of sp³-hybridized carbons (Fsp3) is 0.632. The second kappa shape index (κ2) is 7.82. The lowest BCUT2D eigenvalue weighted by Gasteiger charge is -2.37. The molecule has 1 saturated carbocycles. The van der Waals surface area contributed by atoms with Gasteiger partial charge in [-0.05, 0) is 36.5 Å². The molecule has 1 heterocycles. The largest absolute Gasteiger partial charge is 0.399 e. The van der Waals surface area contributed by atoms with Gasteiger partial charge < -0.3 is 10.6 Å². The van der Waals surface area contributed by atoms with Crippen LogP contribution in [0, 0.1) is 5.92 Å². The van der Waals surface area contributed by atoms with E-state index in [-0.39, 0.29) is 5.91 Å². The second-order valence-electron chi connectivity index (χ2n) is 7.10. The molecule has 2 aliphatic rings. The highest BCUT2D eigenvalue weighted by Gasteiger charge is 2.23. The average Bonchev–Trinajstić information content (AvgIpc) is 2.58. The standard InChI is InChI=1S/C19H29N3O/c20-18-8-6-16(7-9-18)14-19(23)22-12-10-21(11-13-22)15-17-4-2-1-3-5-17/h6-9,17H,1-5,10-15,20H2. The van der Waals surface area contributed by atoms with Gasteiger partial charge in [-0.3, -0.25) is 9.69 Å². The van der Waals surface area contributed by atoms with Crippen LogP contribution in [0.5, 0.6) is 0 Å². The summed E-state index contributed by atoms with van der Waals surface area (Å²) >= 11 is 0. The summed E-state index contributed by atoms with van der Waals surface area (Å²) < 4.78 is 0. The third kappa shape index (κ3) is 4.71. The van der Waals surface area contributed by atoms with Crippen molar-refractivity contribution in [3.05, 3.63) is 29.8 Å². The van der Waals surface area contributed by atoms with Crippen LogP contribution >= 0.6 is 0 Å². The van der Waals surface area contributed by atoms with Gasteiger partial charge in [0, 0.05) is 38.4 Å². The fourth-order valence-corrected chi connectivity index (χ4v) is 3.84. The molecule has 1 aliphatic heterocycles. The van der Waals surface area contributed by atoms with E-state index >= 15 is 0 Å². The van der Waals surface area contributed by atoms with Gasteiger partial charge in [0.2, 0.25) is 5.91 Å². The predicted octanol–water partition coefficient (Wildman–Crippen LogP) is 2.54. The third-order valence-corrected chi connectivity index (χ3v) is 5.30. The molecule has 1 aliphatic carbocycles. The first-order valence-corrected chi connectivity index (χ1v) is 9.05. The normalized spacial score (nSPS) is 20.6. The Morgan fingerprint density at radius 1 is 1.00 bits per heavy atom. The first-order chi connectivity index (χ1) is 11.2. The summed E-state index contributed by atoms with van der Waals surface area (Å²) in [5.74, 6) is 1.13. The Morgan fingerprint density at radius 2 is 1.65 bits per heavy atom. The molecule has 4 nitrogen and oxygen atoms in total. The Labute approximate surface area is 139 Å². The lowest BCUT2D eigenvalue weighted by atomic mass is 9.89. The van der Waals surface area contributed by atoms with Crippen molar-refractivity contribution in [3.8, 4) is 0 Å². The molecule has 2 N–H and O–H groups in total. The van der Waals surface area contributed by atoms with E-state index in [1.54, 1.807) is 0 Å². The van der Waals surface area contributed by atoms with Gasteiger partial charge in [0.25, 0.3) is 0 Å². The van der Waals surface area contributed by atoms with Crippen molar-refractivity contribution in [2.45, 2.75) is 38.5 Å². The molecule has 2 fully saturated rings. The number of nitrogen functional groups attached to an aromatic ring is 1. The fourth-order valence-electron chi connectivity index (χ4n) is 3.84. The molecule has 1 saturated heterocycles. The minimum atomic E-state index is 0.243. The number of hydrogen-bond acceptors (Lipinski definition) is 3. The van der Waals surface area contributed by atoms with Crippen LogP contribution in [0.15, 0.2) is 24.3 Å². The number of rotatable bonds is 4. The van der Waals surface area contributed by atoms with Crippen LogP contribution in [-0.2, 0) is 11.2 Å². The minimum absolute atomic E-state index is 0.243. The molecule has 0 spiro atoms. The Hall–Kier alpha value is -1.55. The van der Waals surface area contributed by atoms with Crippen molar-refractivity contribution in [3.63, 3.8) is 0 Å². The van der Waals surface area contributed by atoms with Gasteiger partial charge in [-0.15, -0.1) is 0 Å². The lowest BCUT2D eigenvalue weighted by Crippen LogP contribution is -2.50. The maximum absolute atomic E-state index is 12.4. The Morgan fingerprint density at radius 3 is 2.30 bits per heavy atom. The Balaban J connectivity index is 1.42. The van der Waals surface area contributed by atoms with Gasteiger partial charge in [-0.2, -0.15) is 0 Å². The number of piperazine rings is 1. The summed E-state index contributed by atoms with van der Waals surface area (Å²) in [6.07, 6.45) is 7.52. The molecule has 23 heavy (non-hydrogen) atoms. The first-order valence-electron chi connectivity index (χ1n) is 9.05. The van der Waals surface area contributed by atoms with E-state index in [4.69, 9.17) is 5.73 Å². The van der Waals surface area contributed by atoms with Crippen molar-refractivity contribution in [2.75, 3.05) is 38.5 Å². The molecule has 0 unspecified atom stereocenters. The van der Waals surface area contributed by atoms with Crippen molar-refractivity contribution in [2.24, 2.45) is 5.92 Å². The number of hydrogen-bond donors (Lipinski definition) is 1.